The maximum Gasteiger partial charge on any atom is 0.220 e. The van der Waals surface area contributed by atoms with Gasteiger partial charge in [0.2, 0.25) is 5.91 Å². The summed E-state index contributed by atoms with van der Waals surface area (Å²) in [6, 6.07) is 8.07. The first kappa shape index (κ1) is 22.5. The lowest BCUT2D eigenvalue weighted by molar-refractivity contribution is -0.121. The first-order chi connectivity index (χ1) is 12.2. The number of halogens is 1. The van der Waals surface area contributed by atoms with Gasteiger partial charge in [0.05, 0.1) is 6.61 Å². The van der Waals surface area contributed by atoms with Crippen molar-refractivity contribution in [2.24, 2.45) is 10.9 Å². The van der Waals surface area contributed by atoms with Gasteiger partial charge < -0.3 is 20.3 Å². The summed E-state index contributed by atoms with van der Waals surface area (Å²) in [6.45, 7) is 5.18. The standard InChI is InChI=1S/C19H30N4O2.HI/c1-4-25-17-8-6-5-7-16(17)14-22-19(21-3)23-11-9-15(10-12-23)13-18(24)20-2;/h5-8,15H,4,9-14H2,1-3H3,(H,20,24)(H,21,22);1H. The number of benzene rings is 1. The Balaban J connectivity index is 0.00000338. The Morgan fingerprint density at radius 2 is 2.00 bits per heavy atom. The van der Waals surface area contributed by atoms with Crippen molar-refractivity contribution in [2.75, 3.05) is 33.8 Å². The molecule has 0 spiro atoms. The summed E-state index contributed by atoms with van der Waals surface area (Å²) in [6.07, 6.45) is 2.66. The fourth-order valence-corrected chi connectivity index (χ4v) is 3.17. The van der Waals surface area contributed by atoms with E-state index in [-0.39, 0.29) is 29.9 Å². The van der Waals surface area contributed by atoms with Crippen molar-refractivity contribution in [2.45, 2.75) is 32.7 Å². The van der Waals surface area contributed by atoms with Crippen molar-refractivity contribution in [3.63, 3.8) is 0 Å². The van der Waals surface area contributed by atoms with Crippen LogP contribution in [0.1, 0.15) is 31.7 Å². The van der Waals surface area contributed by atoms with Crippen LogP contribution in [-0.4, -0.2) is 50.6 Å². The third kappa shape index (κ3) is 6.66. The smallest absolute Gasteiger partial charge is 0.220 e. The second-order valence-electron chi connectivity index (χ2n) is 6.25. The Labute approximate surface area is 173 Å². The number of aliphatic imine (C=N–C) groups is 1. The van der Waals surface area contributed by atoms with Crippen LogP contribution in [0.2, 0.25) is 0 Å². The molecule has 0 aliphatic carbocycles. The number of guanidine groups is 1. The molecule has 1 aliphatic rings. The minimum atomic E-state index is 0. The van der Waals surface area contributed by atoms with Crippen LogP contribution in [0, 0.1) is 5.92 Å². The quantitative estimate of drug-likeness (QED) is 0.378. The number of rotatable bonds is 6. The zero-order valence-corrected chi connectivity index (χ0v) is 18.3. The molecule has 0 bridgehead atoms. The van der Waals surface area contributed by atoms with Gasteiger partial charge in [-0.25, -0.2) is 0 Å². The van der Waals surface area contributed by atoms with E-state index in [9.17, 15) is 4.79 Å². The molecular weight excluding hydrogens is 443 g/mol. The maximum absolute atomic E-state index is 11.5. The highest BCUT2D eigenvalue weighted by molar-refractivity contribution is 14.0. The van der Waals surface area contributed by atoms with Crippen molar-refractivity contribution in [3.05, 3.63) is 29.8 Å². The van der Waals surface area contributed by atoms with Gasteiger partial charge in [-0.15, -0.1) is 24.0 Å². The van der Waals surface area contributed by atoms with Crippen molar-refractivity contribution >= 4 is 35.8 Å². The summed E-state index contributed by atoms with van der Waals surface area (Å²) in [7, 11) is 3.51. The molecule has 0 unspecified atom stereocenters. The zero-order valence-electron chi connectivity index (χ0n) is 16.0. The van der Waals surface area contributed by atoms with Gasteiger partial charge in [-0.3, -0.25) is 9.79 Å². The summed E-state index contributed by atoms with van der Waals surface area (Å²) in [4.78, 5) is 18.2. The molecule has 1 saturated heterocycles. The van der Waals surface area contributed by atoms with Gasteiger partial charge in [-0.2, -0.15) is 0 Å². The molecule has 1 aromatic carbocycles. The van der Waals surface area contributed by atoms with E-state index in [1.807, 2.05) is 32.2 Å². The number of para-hydroxylation sites is 1. The first-order valence-corrected chi connectivity index (χ1v) is 9.04. The molecule has 6 nitrogen and oxygen atoms in total. The molecule has 0 atom stereocenters. The second kappa shape index (κ2) is 12.0. The van der Waals surface area contributed by atoms with Crippen LogP contribution < -0.4 is 15.4 Å². The Hall–Kier alpha value is -1.51. The Morgan fingerprint density at radius 1 is 1.31 bits per heavy atom. The molecule has 0 saturated carbocycles. The first-order valence-electron chi connectivity index (χ1n) is 9.04. The number of hydrogen-bond donors (Lipinski definition) is 2. The highest BCUT2D eigenvalue weighted by Gasteiger charge is 2.23. The van der Waals surface area contributed by atoms with Crippen LogP contribution in [-0.2, 0) is 11.3 Å². The maximum atomic E-state index is 11.5. The van der Waals surface area contributed by atoms with Crippen LogP contribution in [0.5, 0.6) is 5.75 Å². The van der Waals surface area contributed by atoms with Crippen LogP contribution >= 0.6 is 24.0 Å². The van der Waals surface area contributed by atoms with Gasteiger partial charge in [0, 0.05) is 45.7 Å². The number of likely N-dealkylation sites (tertiary alicyclic amines) is 1. The van der Waals surface area contributed by atoms with Gasteiger partial charge in [-0.1, -0.05) is 18.2 Å². The average molecular weight is 474 g/mol. The van der Waals surface area contributed by atoms with Gasteiger partial charge in [-0.05, 0) is 31.7 Å². The SMILES string of the molecule is CCOc1ccccc1CNC(=NC)N1CCC(CC(=O)NC)CC1.I. The van der Waals surface area contributed by atoms with Crippen LogP contribution in [0.25, 0.3) is 0 Å². The molecule has 1 heterocycles. The molecule has 1 fully saturated rings. The van der Waals surface area contributed by atoms with Gasteiger partial charge in [0.25, 0.3) is 0 Å². The predicted molar refractivity (Wildman–Crippen MR) is 116 cm³/mol. The molecule has 0 aromatic heterocycles. The largest absolute Gasteiger partial charge is 0.494 e. The van der Waals surface area contributed by atoms with E-state index < -0.39 is 0 Å². The Kier molecular flexibility index (Phi) is 10.4. The van der Waals surface area contributed by atoms with Gasteiger partial charge in [0.1, 0.15) is 5.75 Å². The molecule has 1 aromatic rings. The average Bonchev–Trinajstić information content (AvgIpc) is 2.65. The van der Waals surface area contributed by atoms with E-state index in [0.29, 0.717) is 25.5 Å². The second-order valence-corrected chi connectivity index (χ2v) is 6.25. The number of amides is 1. The zero-order chi connectivity index (χ0) is 18.1. The van der Waals surface area contributed by atoms with E-state index in [1.54, 1.807) is 7.05 Å². The lowest BCUT2D eigenvalue weighted by Crippen LogP contribution is -2.45. The van der Waals surface area contributed by atoms with Gasteiger partial charge >= 0.3 is 0 Å². The number of piperidine rings is 1. The van der Waals surface area contributed by atoms with E-state index in [0.717, 1.165) is 43.2 Å². The summed E-state index contributed by atoms with van der Waals surface area (Å²) in [5.41, 5.74) is 1.13. The molecule has 2 rings (SSSR count). The van der Waals surface area contributed by atoms with E-state index in [1.165, 1.54) is 0 Å². The van der Waals surface area contributed by atoms with Gasteiger partial charge in [0.15, 0.2) is 5.96 Å². The summed E-state index contributed by atoms with van der Waals surface area (Å²) >= 11 is 0. The monoisotopic (exact) mass is 474 g/mol. The van der Waals surface area contributed by atoms with Crippen molar-refractivity contribution < 1.29 is 9.53 Å². The van der Waals surface area contributed by atoms with Crippen molar-refractivity contribution in [3.8, 4) is 5.75 Å². The van der Waals surface area contributed by atoms with E-state index in [4.69, 9.17) is 4.74 Å². The lowest BCUT2D eigenvalue weighted by Gasteiger charge is -2.34. The van der Waals surface area contributed by atoms with Crippen LogP contribution in [0.3, 0.4) is 0 Å². The summed E-state index contributed by atoms with van der Waals surface area (Å²) in [5, 5.41) is 6.15. The summed E-state index contributed by atoms with van der Waals surface area (Å²) in [5.74, 6) is 2.42. The third-order valence-electron chi connectivity index (χ3n) is 4.59. The third-order valence-corrected chi connectivity index (χ3v) is 4.59. The van der Waals surface area contributed by atoms with E-state index in [2.05, 4.69) is 26.6 Å². The molecule has 1 aliphatic heterocycles. The minimum absolute atomic E-state index is 0. The summed E-state index contributed by atoms with van der Waals surface area (Å²) < 4.78 is 5.68. The molecule has 1 amide bonds. The number of nitrogens with one attached hydrogen (secondary N) is 2. The molecule has 0 radical (unpaired) electrons. The number of ether oxygens (including phenoxy) is 1. The molecular formula is C19H31IN4O2. The number of hydrogen-bond acceptors (Lipinski definition) is 3. The number of carbonyl (C=O) groups excluding carboxylic acids is 1. The lowest BCUT2D eigenvalue weighted by atomic mass is 9.93. The molecule has 7 heteroatoms. The van der Waals surface area contributed by atoms with Crippen molar-refractivity contribution in [1.82, 2.24) is 15.5 Å². The molecule has 146 valence electrons. The van der Waals surface area contributed by atoms with Crippen LogP contribution in [0.15, 0.2) is 29.3 Å². The van der Waals surface area contributed by atoms with Crippen molar-refractivity contribution in [1.29, 1.82) is 0 Å². The molecule has 2 N–H and O–H groups in total. The fourth-order valence-electron chi connectivity index (χ4n) is 3.17. The minimum Gasteiger partial charge on any atom is -0.494 e. The highest BCUT2D eigenvalue weighted by Crippen LogP contribution is 2.21. The molecule has 26 heavy (non-hydrogen) atoms. The Bertz CT molecular complexity index is 587. The normalized spacial score (nSPS) is 15.2. The fraction of sp³-hybridized carbons (Fsp3) is 0.579. The van der Waals surface area contributed by atoms with Crippen LogP contribution in [0.4, 0.5) is 0 Å². The number of nitrogens with zero attached hydrogens (tertiary/aromatic N) is 2. The predicted octanol–water partition coefficient (Wildman–Crippen LogP) is 2.63. The highest BCUT2D eigenvalue weighted by atomic mass is 127. The number of carbonyl (C=O) groups is 1. The Morgan fingerprint density at radius 3 is 2.62 bits per heavy atom. The van der Waals surface area contributed by atoms with E-state index >= 15 is 0 Å². The topological polar surface area (TPSA) is 66.0 Å².